The molecule has 2 aliphatic rings. The fraction of sp³-hybridized carbons (Fsp3) is 0.368. The van der Waals surface area contributed by atoms with Gasteiger partial charge in [0.1, 0.15) is 5.69 Å². The predicted octanol–water partition coefficient (Wildman–Crippen LogP) is 1.35. The van der Waals surface area contributed by atoms with Crippen LogP contribution >= 0.6 is 0 Å². The Morgan fingerprint density at radius 2 is 1.39 bits per heavy atom. The fourth-order valence-electron chi connectivity index (χ4n) is 3.57. The second-order valence-electron chi connectivity index (χ2n) is 7.07. The third-order valence-electron chi connectivity index (χ3n) is 5.01. The molecule has 0 radical (unpaired) electrons. The molecule has 4 heterocycles. The predicted molar refractivity (Wildman–Crippen MR) is 98.7 cm³/mol. The minimum absolute atomic E-state index is 0.0404. The molecule has 31 heavy (non-hydrogen) atoms. The van der Waals surface area contributed by atoms with Crippen LogP contribution in [0.15, 0.2) is 43.1 Å². The summed E-state index contributed by atoms with van der Waals surface area (Å²) >= 11 is 0. The Labute approximate surface area is 174 Å². The molecule has 164 valence electrons. The number of fused-ring (bicyclic) bond motifs is 1. The zero-order valence-electron chi connectivity index (χ0n) is 16.1. The van der Waals surface area contributed by atoms with Crippen LogP contribution in [0.5, 0.6) is 0 Å². The first-order chi connectivity index (χ1) is 14.7. The summed E-state index contributed by atoms with van der Waals surface area (Å²) in [5.74, 6) is -2.14. The summed E-state index contributed by atoms with van der Waals surface area (Å²) in [5.41, 5.74) is 1.04. The standard InChI is InChI=1S/C17H17N5O2.C2HF3O2/c23-16(12-1-3-18-4-2-12)21-8-13-10-22(11-14(13)9-21)17(24)15-7-19-5-6-20-15;3-2(4,5)1(6)7/h1-7,13-14H,8-11H2;(H,6,7)/t13-,14+;. The SMILES string of the molecule is O=C(O)C(F)(F)F.O=C(c1ccncc1)N1C[C@@H]2CN(C(=O)c3cnccn3)C[C@@H]2C1. The fourth-order valence-corrected chi connectivity index (χ4v) is 3.57. The maximum atomic E-state index is 12.5. The van der Waals surface area contributed by atoms with Crippen LogP contribution in [0.4, 0.5) is 13.2 Å². The Balaban J connectivity index is 0.000000339. The lowest BCUT2D eigenvalue weighted by molar-refractivity contribution is -0.192. The van der Waals surface area contributed by atoms with Crippen molar-refractivity contribution in [3.63, 3.8) is 0 Å². The van der Waals surface area contributed by atoms with Gasteiger partial charge in [-0.1, -0.05) is 0 Å². The zero-order chi connectivity index (χ0) is 22.6. The minimum Gasteiger partial charge on any atom is -0.475 e. The number of carbonyl (C=O) groups is 3. The molecule has 9 nitrogen and oxygen atoms in total. The van der Waals surface area contributed by atoms with Gasteiger partial charge >= 0.3 is 12.1 Å². The van der Waals surface area contributed by atoms with E-state index in [2.05, 4.69) is 15.0 Å². The van der Waals surface area contributed by atoms with Crippen molar-refractivity contribution in [2.45, 2.75) is 6.18 Å². The number of aromatic nitrogens is 3. The third kappa shape index (κ3) is 5.32. The second kappa shape index (κ2) is 9.06. The first-order valence-electron chi connectivity index (χ1n) is 9.21. The van der Waals surface area contributed by atoms with Crippen LogP contribution in [0.2, 0.25) is 0 Å². The average molecular weight is 437 g/mol. The molecule has 2 saturated heterocycles. The van der Waals surface area contributed by atoms with Gasteiger partial charge < -0.3 is 14.9 Å². The number of likely N-dealkylation sites (tertiary alicyclic amines) is 2. The van der Waals surface area contributed by atoms with E-state index >= 15 is 0 Å². The van der Waals surface area contributed by atoms with Crippen LogP contribution in [0.25, 0.3) is 0 Å². The molecule has 2 aromatic heterocycles. The molecule has 0 aliphatic carbocycles. The average Bonchev–Trinajstić information content (AvgIpc) is 3.33. The highest BCUT2D eigenvalue weighted by molar-refractivity contribution is 5.94. The Kier molecular flexibility index (Phi) is 6.47. The van der Waals surface area contributed by atoms with Gasteiger partial charge in [0.25, 0.3) is 11.8 Å². The van der Waals surface area contributed by atoms with E-state index in [1.165, 1.54) is 12.4 Å². The van der Waals surface area contributed by atoms with Crippen LogP contribution in [-0.2, 0) is 4.79 Å². The summed E-state index contributed by atoms with van der Waals surface area (Å²) in [4.78, 5) is 49.5. The number of rotatable bonds is 2. The van der Waals surface area contributed by atoms with Crippen molar-refractivity contribution in [2.75, 3.05) is 26.2 Å². The van der Waals surface area contributed by atoms with Gasteiger partial charge in [0.15, 0.2) is 0 Å². The number of hydrogen-bond donors (Lipinski definition) is 1. The van der Waals surface area contributed by atoms with E-state index in [0.29, 0.717) is 49.3 Å². The molecule has 0 unspecified atom stereocenters. The number of aliphatic carboxylic acids is 1. The van der Waals surface area contributed by atoms with Crippen LogP contribution in [0, 0.1) is 11.8 Å². The van der Waals surface area contributed by atoms with Gasteiger partial charge in [-0.2, -0.15) is 13.2 Å². The first kappa shape index (κ1) is 22.1. The summed E-state index contributed by atoms with van der Waals surface area (Å²) in [6, 6.07) is 3.47. The lowest BCUT2D eigenvalue weighted by Crippen LogP contribution is -2.36. The lowest BCUT2D eigenvalue weighted by Gasteiger charge is -2.21. The van der Waals surface area contributed by atoms with Gasteiger partial charge in [0.2, 0.25) is 0 Å². The van der Waals surface area contributed by atoms with E-state index in [0.717, 1.165) is 0 Å². The quantitative estimate of drug-likeness (QED) is 0.754. The molecule has 0 spiro atoms. The number of halogens is 3. The van der Waals surface area contributed by atoms with Crippen LogP contribution < -0.4 is 0 Å². The largest absolute Gasteiger partial charge is 0.490 e. The molecule has 2 atom stereocenters. The van der Waals surface area contributed by atoms with Crippen molar-refractivity contribution in [1.29, 1.82) is 0 Å². The first-order valence-corrected chi connectivity index (χ1v) is 9.21. The number of carboxylic acid groups (broad SMARTS) is 1. The molecule has 2 aliphatic heterocycles. The minimum atomic E-state index is -5.08. The van der Waals surface area contributed by atoms with E-state index in [9.17, 15) is 22.8 Å². The molecule has 0 bridgehead atoms. The van der Waals surface area contributed by atoms with Crippen molar-refractivity contribution in [2.24, 2.45) is 11.8 Å². The molecule has 1 N–H and O–H groups in total. The molecule has 4 rings (SSSR count). The summed E-state index contributed by atoms with van der Waals surface area (Å²) < 4.78 is 31.7. The van der Waals surface area contributed by atoms with Gasteiger partial charge in [-0.05, 0) is 12.1 Å². The van der Waals surface area contributed by atoms with E-state index in [4.69, 9.17) is 9.90 Å². The van der Waals surface area contributed by atoms with E-state index in [1.54, 1.807) is 30.7 Å². The van der Waals surface area contributed by atoms with Crippen molar-refractivity contribution < 1.29 is 32.7 Å². The van der Waals surface area contributed by atoms with Gasteiger partial charge in [0.05, 0.1) is 6.20 Å². The maximum Gasteiger partial charge on any atom is 0.490 e. The van der Waals surface area contributed by atoms with Gasteiger partial charge in [-0.15, -0.1) is 0 Å². The van der Waals surface area contributed by atoms with Gasteiger partial charge in [-0.25, -0.2) is 9.78 Å². The molecule has 0 saturated carbocycles. The highest BCUT2D eigenvalue weighted by atomic mass is 19.4. The second-order valence-corrected chi connectivity index (χ2v) is 7.07. The summed E-state index contributed by atoms with van der Waals surface area (Å²) in [6.07, 6.45) is 2.75. The number of amides is 2. The number of hydrogen-bond acceptors (Lipinski definition) is 6. The van der Waals surface area contributed by atoms with Gasteiger partial charge in [0, 0.05) is 68.4 Å². The summed E-state index contributed by atoms with van der Waals surface area (Å²) in [6.45, 7) is 2.71. The van der Waals surface area contributed by atoms with Crippen LogP contribution in [0.1, 0.15) is 20.8 Å². The summed E-state index contributed by atoms with van der Waals surface area (Å²) in [5, 5.41) is 7.12. The zero-order valence-corrected chi connectivity index (χ0v) is 16.1. The third-order valence-corrected chi connectivity index (χ3v) is 5.01. The molecule has 2 amide bonds. The Morgan fingerprint density at radius 3 is 1.84 bits per heavy atom. The smallest absolute Gasteiger partial charge is 0.475 e. The monoisotopic (exact) mass is 437 g/mol. The van der Waals surface area contributed by atoms with Crippen LogP contribution in [0.3, 0.4) is 0 Å². The Bertz CT molecular complexity index is 865. The Hall–Kier alpha value is -3.57. The topological polar surface area (TPSA) is 117 Å². The highest BCUT2D eigenvalue weighted by Crippen LogP contribution is 2.32. The molecule has 0 aromatic carbocycles. The van der Waals surface area contributed by atoms with Crippen LogP contribution in [-0.4, -0.2) is 80.0 Å². The number of pyridine rings is 1. The molecular formula is C19H18F3N5O4. The Morgan fingerprint density at radius 1 is 0.871 bits per heavy atom. The van der Waals surface area contributed by atoms with Gasteiger partial charge in [-0.3, -0.25) is 19.6 Å². The number of carbonyl (C=O) groups excluding carboxylic acids is 2. The molecule has 2 fully saturated rings. The van der Waals surface area contributed by atoms with Crippen molar-refractivity contribution in [1.82, 2.24) is 24.8 Å². The number of alkyl halides is 3. The molecular weight excluding hydrogens is 419 g/mol. The highest BCUT2D eigenvalue weighted by Gasteiger charge is 2.43. The normalized spacial score (nSPS) is 20.0. The number of carboxylic acids is 1. The van der Waals surface area contributed by atoms with E-state index in [-0.39, 0.29) is 11.8 Å². The lowest BCUT2D eigenvalue weighted by atomic mass is 10.0. The maximum absolute atomic E-state index is 12.5. The number of nitrogens with zero attached hydrogens (tertiary/aromatic N) is 5. The van der Waals surface area contributed by atoms with Crippen molar-refractivity contribution in [3.05, 3.63) is 54.4 Å². The van der Waals surface area contributed by atoms with E-state index in [1.807, 2.05) is 9.80 Å². The van der Waals surface area contributed by atoms with Crippen molar-refractivity contribution in [3.8, 4) is 0 Å². The molecule has 2 aromatic rings. The molecule has 12 heteroatoms. The van der Waals surface area contributed by atoms with Crippen molar-refractivity contribution >= 4 is 17.8 Å². The summed E-state index contributed by atoms with van der Waals surface area (Å²) in [7, 11) is 0. The van der Waals surface area contributed by atoms with E-state index < -0.39 is 12.1 Å².